The molecule has 2 aliphatic heterocycles. The van der Waals surface area contributed by atoms with Crippen molar-refractivity contribution < 1.29 is 19.8 Å². The number of rotatable bonds is 2. The van der Waals surface area contributed by atoms with Gasteiger partial charge in [-0.15, -0.1) is 0 Å². The maximum atomic E-state index is 12.9. The lowest BCUT2D eigenvalue weighted by molar-refractivity contribution is 0.0841. The molecule has 2 aromatic heterocycles. The van der Waals surface area contributed by atoms with E-state index in [2.05, 4.69) is 10.9 Å². The monoisotopic (exact) mass is 458 g/mol. The lowest BCUT2D eigenvalue weighted by Crippen LogP contribution is -2.45. The van der Waals surface area contributed by atoms with Gasteiger partial charge in [-0.05, 0) is 36.1 Å². The van der Waals surface area contributed by atoms with Crippen LogP contribution in [0.3, 0.4) is 0 Å². The van der Waals surface area contributed by atoms with Gasteiger partial charge in [0.15, 0.2) is 0 Å². The number of aromatic hydroxyl groups is 2. The largest absolute Gasteiger partial charge is 0.506 e. The van der Waals surface area contributed by atoms with E-state index in [1.54, 1.807) is 24.3 Å². The van der Waals surface area contributed by atoms with Crippen LogP contribution in [0.5, 0.6) is 11.5 Å². The van der Waals surface area contributed by atoms with Crippen LogP contribution in [0, 0.1) is 0 Å². The van der Waals surface area contributed by atoms with Crippen LogP contribution in [0.25, 0.3) is 21.8 Å². The highest BCUT2D eigenvalue weighted by Crippen LogP contribution is 2.33. The number of benzene rings is 2. The summed E-state index contributed by atoms with van der Waals surface area (Å²) < 4.78 is 2.84. The number of aryl methyl sites for hydroxylation is 4. The summed E-state index contributed by atoms with van der Waals surface area (Å²) in [4.78, 5) is 51.4. The molecule has 0 aliphatic carbocycles. The summed E-state index contributed by atoms with van der Waals surface area (Å²) in [6.45, 7) is 0.738. The van der Waals surface area contributed by atoms with Crippen molar-refractivity contribution in [3.8, 4) is 11.5 Å². The van der Waals surface area contributed by atoms with E-state index in [0.717, 1.165) is 11.1 Å². The first-order valence-corrected chi connectivity index (χ1v) is 10.7. The van der Waals surface area contributed by atoms with E-state index in [0.29, 0.717) is 47.7 Å². The first kappa shape index (κ1) is 20.0. The predicted octanol–water partition coefficient (Wildman–Crippen LogP) is 0.915. The van der Waals surface area contributed by atoms with Crippen molar-refractivity contribution in [2.24, 2.45) is 0 Å². The van der Waals surface area contributed by atoms with Gasteiger partial charge in [-0.3, -0.25) is 30.0 Å². The quantitative estimate of drug-likeness (QED) is 0.329. The standard InChI is InChI=1S/C24H18N4O6/c29-19-13-5-1-3-11-7-9-27(17(11)13)23(33)15(19)21(31)25-26-22(32)16-20(30)14-6-2-4-12-8-10-28(18(12)14)24(16)34/h1-6,29-30H,7-10H2,(H,25,31)(H,26,32). The molecule has 2 amide bonds. The van der Waals surface area contributed by atoms with Gasteiger partial charge in [-0.25, -0.2) is 0 Å². The highest BCUT2D eigenvalue weighted by atomic mass is 16.3. The summed E-state index contributed by atoms with van der Waals surface area (Å²) in [5.41, 5.74) is 4.74. The second-order valence-corrected chi connectivity index (χ2v) is 8.40. The number of hydrazine groups is 1. The Morgan fingerprint density at radius 3 is 1.53 bits per heavy atom. The predicted molar refractivity (Wildman–Crippen MR) is 122 cm³/mol. The summed E-state index contributed by atoms with van der Waals surface area (Å²) in [5.74, 6) is -3.04. The Balaban J connectivity index is 1.35. The number of amides is 2. The molecule has 34 heavy (non-hydrogen) atoms. The minimum absolute atomic E-state index is 0.357. The normalized spacial score (nSPS) is 13.5. The Kier molecular flexibility index (Phi) is 4.09. The second kappa shape index (κ2) is 6.95. The molecule has 6 rings (SSSR count). The van der Waals surface area contributed by atoms with Gasteiger partial charge >= 0.3 is 0 Å². The van der Waals surface area contributed by atoms with Gasteiger partial charge in [0.1, 0.15) is 22.6 Å². The molecular weight excluding hydrogens is 440 g/mol. The minimum atomic E-state index is -1.04. The van der Waals surface area contributed by atoms with E-state index in [1.165, 1.54) is 9.13 Å². The summed E-state index contributed by atoms with van der Waals surface area (Å²) in [5, 5.41) is 22.0. The molecule has 0 atom stereocenters. The van der Waals surface area contributed by atoms with Crippen molar-refractivity contribution in [3.05, 3.63) is 79.4 Å². The van der Waals surface area contributed by atoms with Crippen LogP contribution in [0.2, 0.25) is 0 Å². The van der Waals surface area contributed by atoms with E-state index in [4.69, 9.17) is 0 Å². The van der Waals surface area contributed by atoms with E-state index in [-0.39, 0.29) is 0 Å². The molecule has 2 aliphatic rings. The van der Waals surface area contributed by atoms with Crippen molar-refractivity contribution in [3.63, 3.8) is 0 Å². The number of carbonyl (C=O) groups is 2. The number of hydrogen-bond donors (Lipinski definition) is 4. The van der Waals surface area contributed by atoms with E-state index in [1.807, 2.05) is 12.1 Å². The molecule has 4 N–H and O–H groups in total. The maximum Gasteiger partial charge on any atom is 0.279 e. The first-order valence-electron chi connectivity index (χ1n) is 10.7. The Hall–Kier alpha value is -4.60. The smallest absolute Gasteiger partial charge is 0.279 e. The van der Waals surface area contributed by atoms with Gasteiger partial charge in [-0.2, -0.15) is 0 Å². The molecule has 0 bridgehead atoms. The topological polar surface area (TPSA) is 143 Å². The zero-order valence-corrected chi connectivity index (χ0v) is 17.7. The van der Waals surface area contributed by atoms with Crippen molar-refractivity contribution in [1.29, 1.82) is 0 Å². The Bertz CT molecular complexity index is 1590. The van der Waals surface area contributed by atoms with E-state index in [9.17, 15) is 29.4 Å². The molecule has 0 saturated carbocycles. The zero-order chi connectivity index (χ0) is 23.7. The summed E-state index contributed by atoms with van der Waals surface area (Å²) in [6, 6.07) is 10.4. The first-order chi connectivity index (χ1) is 16.4. The molecule has 0 spiro atoms. The van der Waals surface area contributed by atoms with Gasteiger partial charge in [0.25, 0.3) is 22.9 Å². The van der Waals surface area contributed by atoms with Crippen LogP contribution in [0.4, 0.5) is 0 Å². The molecule has 0 unspecified atom stereocenters. The molecule has 10 nitrogen and oxygen atoms in total. The average molecular weight is 458 g/mol. The number of nitrogens with one attached hydrogen (secondary N) is 2. The number of para-hydroxylation sites is 2. The SMILES string of the molecule is O=C(NNC(=O)c1c(O)c2cccc3c2n(c1=O)CC3)c1c(O)c2cccc3c2n(c1=O)CC3. The van der Waals surface area contributed by atoms with Crippen molar-refractivity contribution in [2.45, 2.75) is 25.9 Å². The van der Waals surface area contributed by atoms with Crippen LogP contribution in [0.15, 0.2) is 46.0 Å². The molecular formula is C24H18N4O6. The number of aromatic nitrogens is 2. The summed E-state index contributed by atoms with van der Waals surface area (Å²) in [7, 11) is 0. The van der Waals surface area contributed by atoms with Crippen LogP contribution in [-0.2, 0) is 25.9 Å². The van der Waals surface area contributed by atoms with Crippen LogP contribution in [0.1, 0.15) is 31.8 Å². The van der Waals surface area contributed by atoms with Crippen LogP contribution < -0.4 is 22.0 Å². The van der Waals surface area contributed by atoms with Gasteiger partial charge in [0, 0.05) is 23.9 Å². The maximum absolute atomic E-state index is 12.9. The van der Waals surface area contributed by atoms with Crippen molar-refractivity contribution >= 4 is 33.6 Å². The fourth-order valence-corrected chi connectivity index (χ4v) is 5.09. The number of pyridine rings is 2. The molecule has 0 saturated heterocycles. The van der Waals surface area contributed by atoms with Crippen molar-refractivity contribution in [1.82, 2.24) is 20.0 Å². The average Bonchev–Trinajstić information content (AvgIpc) is 3.46. The third-order valence-corrected chi connectivity index (χ3v) is 6.63. The van der Waals surface area contributed by atoms with E-state index >= 15 is 0 Å². The molecule has 0 radical (unpaired) electrons. The van der Waals surface area contributed by atoms with Crippen molar-refractivity contribution in [2.75, 3.05) is 0 Å². The number of hydrogen-bond acceptors (Lipinski definition) is 6. The Labute approximate surface area is 190 Å². The Morgan fingerprint density at radius 1 is 0.706 bits per heavy atom. The summed E-state index contributed by atoms with van der Waals surface area (Å²) in [6.07, 6.45) is 1.20. The summed E-state index contributed by atoms with van der Waals surface area (Å²) >= 11 is 0. The third kappa shape index (κ3) is 2.56. The molecule has 170 valence electrons. The number of nitrogens with zero attached hydrogens (tertiary/aromatic N) is 2. The number of carbonyl (C=O) groups excluding carboxylic acids is 2. The Morgan fingerprint density at radius 2 is 1.12 bits per heavy atom. The molecule has 10 heteroatoms. The minimum Gasteiger partial charge on any atom is -0.506 e. The van der Waals surface area contributed by atoms with Gasteiger partial charge in [-0.1, -0.05) is 24.3 Å². The third-order valence-electron chi connectivity index (χ3n) is 6.63. The van der Waals surface area contributed by atoms with Gasteiger partial charge in [0.2, 0.25) is 0 Å². The van der Waals surface area contributed by atoms with Gasteiger partial charge < -0.3 is 19.3 Å². The molecule has 4 heterocycles. The lowest BCUT2D eigenvalue weighted by Gasteiger charge is -2.13. The lowest BCUT2D eigenvalue weighted by atomic mass is 10.1. The fourth-order valence-electron chi connectivity index (χ4n) is 5.09. The molecule has 0 fully saturated rings. The van der Waals surface area contributed by atoms with E-state index < -0.39 is 45.6 Å². The molecule has 2 aromatic carbocycles. The second-order valence-electron chi connectivity index (χ2n) is 8.40. The highest BCUT2D eigenvalue weighted by molar-refractivity contribution is 6.06. The fraction of sp³-hybridized carbons (Fsp3) is 0.167. The highest BCUT2D eigenvalue weighted by Gasteiger charge is 2.29. The van der Waals surface area contributed by atoms with Gasteiger partial charge in [0.05, 0.1) is 11.0 Å². The zero-order valence-electron chi connectivity index (χ0n) is 17.7. The molecule has 4 aromatic rings. The van der Waals surface area contributed by atoms with Crippen LogP contribution >= 0.6 is 0 Å². The van der Waals surface area contributed by atoms with Crippen LogP contribution in [-0.4, -0.2) is 31.2 Å².